The van der Waals surface area contributed by atoms with E-state index in [2.05, 4.69) is 14.7 Å². The fourth-order valence-electron chi connectivity index (χ4n) is 3.03. The summed E-state index contributed by atoms with van der Waals surface area (Å²) < 4.78 is 33.2. The van der Waals surface area contributed by atoms with Crippen LogP contribution in [0.1, 0.15) is 17.2 Å². The van der Waals surface area contributed by atoms with Crippen LogP contribution in [-0.4, -0.2) is 24.9 Å². The number of hydrogen-bond acceptors (Lipinski definition) is 5. The van der Waals surface area contributed by atoms with Gasteiger partial charge >= 0.3 is 5.76 Å². The number of oxazole rings is 1. The van der Waals surface area contributed by atoms with E-state index in [9.17, 15) is 13.2 Å². The van der Waals surface area contributed by atoms with Crippen LogP contribution in [0.4, 0.5) is 0 Å². The molecule has 0 aliphatic carbocycles. The topological polar surface area (TPSA) is 105 Å². The molecule has 142 valence electrons. The summed E-state index contributed by atoms with van der Waals surface area (Å²) in [7, 11) is -3.81. The number of pyridine rings is 1. The lowest BCUT2D eigenvalue weighted by atomic mass is 9.95. The molecule has 8 heteroatoms. The SMILES string of the molecule is O=c1[nH]c2ccc(S(=O)(=O)NCC(c3ccccc3)c3ccccn3)cc2o1. The zero-order valence-corrected chi connectivity index (χ0v) is 15.5. The maximum Gasteiger partial charge on any atom is 0.417 e. The van der Waals surface area contributed by atoms with Gasteiger partial charge in [-0.25, -0.2) is 17.9 Å². The van der Waals surface area contributed by atoms with Crippen LogP contribution in [0, 0.1) is 0 Å². The van der Waals surface area contributed by atoms with Crippen LogP contribution < -0.4 is 10.5 Å². The van der Waals surface area contributed by atoms with Gasteiger partial charge < -0.3 is 4.42 Å². The molecule has 1 atom stereocenters. The van der Waals surface area contributed by atoms with Crippen molar-refractivity contribution in [3.63, 3.8) is 0 Å². The molecule has 0 radical (unpaired) electrons. The van der Waals surface area contributed by atoms with E-state index < -0.39 is 15.8 Å². The number of nitrogens with one attached hydrogen (secondary N) is 2. The molecule has 2 heterocycles. The van der Waals surface area contributed by atoms with Crippen LogP contribution in [0.15, 0.2) is 87.0 Å². The molecule has 4 aromatic rings. The summed E-state index contributed by atoms with van der Waals surface area (Å²) in [6.07, 6.45) is 1.68. The molecule has 0 bridgehead atoms. The van der Waals surface area contributed by atoms with Crippen molar-refractivity contribution in [2.75, 3.05) is 6.54 Å². The number of H-pyrrole nitrogens is 1. The Bertz CT molecular complexity index is 1210. The standard InChI is InChI=1S/C20H17N3O4S/c24-20-23-18-10-9-15(12-19(18)27-20)28(25,26)22-13-16(14-6-2-1-3-7-14)17-8-4-5-11-21-17/h1-12,16,22H,13H2,(H,23,24). The largest absolute Gasteiger partial charge is 0.417 e. The number of hydrogen-bond donors (Lipinski definition) is 2. The average molecular weight is 395 g/mol. The molecule has 0 aliphatic rings. The predicted molar refractivity (Wildman–Crippen MR) is 105 cm³/mol. The number of fused-ring (bicyclic) bond motifs is 1. The number of nitrogens with zero attached hydrogens (tertiary/aromatic N) is 1. The average Bonchev–Trinajstić information content (AvgIpc) is 3.09. The third-order valence-electron chi connectivity index (χ3n) is 4.43. The van der Waals surface area contributed by atoms with E-state index in [1.807, 2.05) is 48.5 Å². The number of sulfonamides is 1. The third-order valence-corrected chi connectivity index (χ3v) is 5.85. The van der Waals surface area contributed by atoms with Gasteiger partial charge in [0.25, 0.3) is 0 Å². The highest BCUT2D eigenvalue weighted by Gasteiger charge is 2.21. The van der Waals surface area contributed by atoms with Gasteiger partial charge in [-0.05, 0) is 29.8 Å². The molecule has 0 spiro atoms. The Morgan fingerprint density at radius 1 is 1.04 bits per heavy atom. The number of aromatic nitrogens is 2. The van der Waals surface area contributed by atoms with Crippen LogP contribution >= 0.6 is 0 Å². The minimum absolute atomic E-state index is 0.0237. The summed E-state index contributed by atoms with van der Waals surface area (Å²) in [5.41, 5.74) is 2.36. The van der Waals surface area contributed by atoms with E-state index in [0.29, 0.717) is 5.52 Å². The van der Waals surface area contributed by atoms with Crippen molar-refractivity contribution in [2.45, 2.75) is 10.8 Å². The number of benzene rings is 2. The Morgan fingerprint density at radius 3 is 2.57 bits per heavy atom. The highest BCUT2D eigenvalue weighted by molar-refractivity contribution is 7.89. The molecule has 0 saturated heterocycles. The maximum absolute atomic E-state index is 12.8. The Hall–Kier alpha value is -3.23. The summed E-state index contributed by atoms with van der Waals surface area (Å²) in [5.74, 6) is -0.872. The van der Waals surface area contributed by atoms with Gasteiger partial charge in [0, 0.05) is 30.4 Å². The molecule has 28 heavy (non-hydrogen) atoms. The molecule has 7 nitrogen and oxygen atoms in total. The first-order valence-corrected chi connectivity index (χ1v) is 10.1. The van der Waals surface area contributed by atoms with Crippen molar-refractivity contribution in [3.05, 3.63) is 94.7 Å². The minimum Gasteiger partial charge on any atom is -0.408 e. The van der Waals surface area contributed by atoms with Gasteiger partial charge in [0.1, 0.15) is 0 Å². The second-order valence-electron chi connectivity index (χ2n) is 6.24. The molecular weight excluding hydrogens is 378 g/mol. The van der Waals surface area contributed by atoms with Crippen molar-refractivity contribution < 1.29 is 12.8 Å². The van der Waals surface area contributed by atoms with Crippen molar-refractivity contribution in [1.82, 2.24) is 14.7 Å². The molecule has 0 aliphatic heterocycles. The van der Waals surface area contributed by atoms with E-state index in [1.165, 1.54) is 18.2 Å². The molecule has 2 aromatic carbocycles. The van der Waals surface area contributed by atoms with Crippen LogP contribution in [0.3, 0.4) is 0 Å². The van der Waals surface area contributed by atoms with Crippen LogP contribution in [0.25, 0.3) is 11.1 Å². The van der Waals surface area contributed by atoms with E-state index in [-0.39, 0.29) is 22.9 Å². The maximum atomic E-state index is 12.8. The monoisotopic (exact) mass is 395 g/mol. The second kappa shape index (κ2) is 7.41. The fraction of sp³-hybridized carbons (Fsp3) is 0.100. The van der Waals surface area contributed by atoms with Gasteiger partial charge in [-0.15, -0.1) is 0 Å². The fourth-order valence-corrected chi connectivity index (χ4v) is 4.09. The van der Waals surface area contributed by atoms with E-state index in [1.54, 1.807) is 6.20 Å². The van der Waals surface area contributed by atoms with Crippen LogP contribution in [-0.2, 0) is 10.0 Å². The van der Waals surface area contributed by atoms with Gasteiger partial charge in [0.05, 0.1) is 10.4 Å². The summed E-state index contributed by atoms with van der Waals surface area (Å²) in [4.78, 5) is 18.2. The lowest BCUT2D eigenvalue weighted by Gasteiger charge is -2.18. The molecule has 0 amide bonds. The zero-order valence-electron chi connectivity index (χ0n) is 14.7. The molecule has 0 fully saturated rings. The lowest BCUT2D eigenvalue weighted by molar-refractivity contribution is 0.553. The first-order valence-electron chi connectivity index (χ1n) is 8.61. The Morgan fingerprint density at radius 2 is 1.82 bits per heavy atom. The van der Waals surface area contributed by atoms with Gasteiger partial charge in [-0.1, -0.05) is 36.4 Å². The molecule has 2 N–H and O–H groups in total. The predicted octanol–water partition coefficient (Wildman–Crippen LogP) is 2.63. The Labute approximate surface area is 161 Å². The van der Waals surface area contributed by atoms with E-state index in [0.717, 1.165) is 11.3 Å². The first-order chi connectivity index (χ1) is 13.5. The minimum atomic E-state index is -3.81. The molecular formula is C20H17N3O4S. The smallest absolute Gasteiger partial charge is 0.408 e. The quantitative estimate of drug-likeness (QED) is 0.522. The molecule has 0 saturated carbocycles. The molecule has 2 aromatic heterocycles. The van der Waals surface area contributed by atoms with Crippen molar-refractivity contribution in [3.8, 4) is 0 Å². The Kier molecular flexibility index (Phi) is 4.81. The highest BCUT2D eigenvalue weighted by Crippen LogP contribution is 2.23. The summed E-state index contributed by atoms with van der Waals surface area (Å²) in [5, 5.41) is 0. The molecule has 4 rings (SSSR count). The summed E-state index contributed by atoms with van der Waals surface area (Å²) >= 11 is 0. The van der Waals surface area contributed by atoms with Crippen molar-refractivity contribution >= 4 is 21.1 Å². The zero-order chi connectivity index (χ0) is 19.6. The normalized spacial score (nSPS) is 12.9. The summed E-state index contributed by atoms with van der Waals surface area (Å²) in [6, 6.07) is 19.4. The Balaban J connectivity index is 1.62. The second-order valence-corrected chi connectivity index (χ2v) is 8.01. The van der Waals surface area contributed by atoms with Crippen molar-refractivity contribution in [2.24, 2.45) is 0 Å². The van der Waals surface area contributed by atoms with Gasteiger partial charge in [0.2, 0.25) is 10.0 Å². The van der Waals surface area contributed by atoms with Crippen LogP contribution in [0.5, 0.6) is 0 Å². The van der Waals surface area contributed by atoms with E-state index in [4.69, 9.17) is 4.42 Å². The first kappa shape index (κ1) is 18.1. The van der Waals surface area contributed by atoms with Gasteiger partial charge in [0.15, 0.2) is 5.58 Å². The van der Waals surface area contributed by atoms with E-state index >= 15 is 0 Å². The highest BCUT2D eigenvalue weighted by atomic mass is 32.2. The van der Waals surface area contributed by atoms with Crippen molar-refractivity contribution in [1.29, 1.82) is 0 Å². The third kappa shape index (κ3) is 3.73. The lowest BCUT2D eigenvalue weighted by Crippen LogP contribution is -2.29. The molecule has 1 unspecified atom stereocenters. The number of aromatic amines is 1. The summed E-state index contributed by atoms with van der Waals surface area (Å²) in [6.45, 7) is 0.137. The van der Waals surface area contributed by atoms with Gasteiger partial charge in [-0.3, -0.25) is 9.97 Å². The van der Waals surface area contributed by atoms with Crippen LogP contribution in [0.2, 0.25) is 0 Å². The van der Waals surface area contributed by atoms with Gasteiger partial charge in [-0.2, -0.15) is 0 Å². The number of rotatable bonds is 6.